The van der Waals surface area contributed by atoms with Crippen molar-refractivity contribution in [1.29, 1.82) is 0 Å². The Kier molecular flexibility index (Phi) is 2.67. The molecule has 0 bridgehead atoms. The molecule has 2 rings (SSSR count). The van der Waals surface area contributed by atoms with Crippen molar-refractivity contribution in [3.8, 4) is 0 Å². The van der Waals surface area contributed by atoms with Gasteiger partial charge in [0.15, 0.2) is 0 Å². The number of hydrogen-bond acceptors (Lipinski definition) is 0. The third-order valence-corrected chi connectivity index (χ3v) is 3.04. The Morgan fingerprint density at radius 2 is 1.85 bits per heavy atom. The van der Waals surface area contributed by atoms with Gasteiger partial charge in [-0.05, 0) is 25.7 Å². The predicted molar refractivity (Wildman–Crippen MR) is 52.3 cm³/mol. The van der Waals surface area contributed by atoms with Crippen molar-refractivity contribution >= 4 is 0 Å². The Labute approximate surface area is 80.2 Å². The summed E-state index contributed by atoms with van der Waals surface area (Å²) >= 11 is 0. The molecule has 2 nitrogen and oxygen atoms in total. The minimum absolute atomic E-state index is 0.767. The van der Waals surface area contributed by atoms with Crippen LogP contribution in [0.5, 0.6) is 0 Å². The minimum atomic E-state index is 0.767. The summed E-state index contributed by atoms with van der Waals surface area (Å²) in [6, 6.07) is 0.767. The first-order valence-electron chi connectivity index (χ1n) is 5.39. The first kappa shape index (κ1) is 8.79. The van der Waals surface area contributed by atoms with Crippen LogP contribution in [-0.2, 0) is 7.05 Å². The standard InChI is InChI=1S/C11H19N2/c1-12-8-9-13(10-12)11-6-4-2-3-5-7-11/h8-11H,2-7H2,1H3/q+1. The quantitative estimate of drug-likeness (QED) is 0.461. The number of aromatic nitrogens is 2. The molecular weight excluding hydrogens is 160 g/mol. The lowest BCUT2D eigenvalue weighted by atomic mass is 10.1. The van der Waals surface area contributed by atoms with Crippen molar-refractivity contribution in [2.75, 3.05) is 0 Å². The number of imidazole rings is 1. The van der Waals surface area contributed by atoms with Crippen LogP contribution in [0, 0.1) is 0 Å². The molecule has 0 aromatic carbocycles. The Bertz CT molecular complexity index is 257. The lowest BCUT2D eigenvalue weighted by molar-refractivity contribution is -0.671. The average Bonchev–Trinajstić information content (AvgIpc) is 2.43. The lowest BCUT2D eigenvalue weighted by Crippen LogP contribution is -2.24. The predicted octanol–water partition coefficient (Wildman–Crippen LogP) is 2.21. The number of rotatable bonds is 1. The maximum atomic E-state index is 2.38. The van der Waals surface area contributed by atoms with Crippen molar-refractivity contribution in [2.24, 2.45) is 7.05 Å². The second-order valence-electron chi connectivity index (χ2n) is 4.17. The van der Waals surface area contributed by atoms with E-state index >= 15 is 0 Å². The molecule has 1 aromatic rings. The van der Waals surface area contributed by atoms with Gasteiger partial charge in [-0.3, -0.25) is 0 Å². The van der Waals surface area contributed by atoms with Gasteiger partial charge in [-0.2, -0.15) is 0 Å². The Balaban J connectivity index is 2.06. The van der Waals surface area contributed by atoms with Gasteiger partial charge < -0.3 is 0 Å². The summed E-state index contributed by atoms with van der Waals surface area (Å²) in [5.41, 5.74) is 0. The van der Waals surface area contributed by atoms with E-state index in [1.54, 1.807) is 0 Å². The molecule has 13 heavy (non-hydrogen) atoms. The van der Waals surface area contributed by atoms with Crippen LogP contribution in [0.3, 0.4) is 0 Å². The van der Waals surface area contributed by atoms with E-state index in [0.29, 0.717) is 0 Å². The van der Waals surface area contributed by atoms with Gasteiger partial charge in [0, 0.05) is 0 Å². The monoisotopic (exact) mass is 179 g/mol. The smallest absolute Gasteiger partial charge is 0.240 e. The van der Waals surface area contributed by atoms with Crippen LogP contribution in [0.25, 0.3) is 0 Å². The first-order chi connectivity index (χ1) is 6.36. The normalized spacial score (nSPS) is 20.1. The maximum absolute atomic E-state index is 2.38. The van der Waals surface area contributed by atoms with E-state index in [4.69, 9.17) is 0 Å². The third kappa shape index (κ3) is 2.11. The number of nitrogens with zero attached hydrogens (tertiary/aromatic N) is 2. The summed E-state index contributed by atoms with van der Waals surface area (Å²) in [5, 5.41) is 0. The molecule has 1 aliphatic rings. The molecule has 0 spiro atoms. The highest BCUT2D eigenvalue weighted by atomic mass is 15.1. The van der Waals surface area contributed by atoms with Crippen LogP contribution in [0.1, 0.15) is 44.6 Å². The van der Waals surface area contributed by atoms with Crippen molar-refractivity contribution in [3.05, 3.63) is 18.7 Å². The largest absolute Gasteiger partial charge is 0.243 e. The van der Waals surface area contributed by atoms with E-state index in [9.17, 15) is 0 Å². The zero-order valence-electron chi connectivity index (χ0n) is 8.45. The highest BCUT2D eigenvalue weighted by Gasteiger charge is 2.17. The first-order valence-corrected chi connectivity index (χ1v) is 5.39. The topological polar surface area (TPSA) is 8.81 Å². The summed E-state index contributed by atoms with van der Waals surface area (Å²) in [4.78, 5) is 0. The van der Waals surface area contributed by atoms with Gasteiger partial charge in [0.05, 0.1) is 7.05 Å². The van der Waals surface area contributed by atoms with Crippen LogP contribution in [0.15, 0.2) is 18.7 Å². The molecule has 0 N–H and O–H groups in total. The SMILES string of the molecule is C[n+]1ccn(C2CCCCCC2)c1. The second-order valence-corrected chi connectivity index (χ2v) is 4.17. The highest BCUT2D eigenvalue weighted by molar-refractivity contribution is 4.76. The molecule has 1 aromatic heterocycles. The summed E-state index contributed by atoms with van der Waals surface area (Å²) < 4.78 is 4.51. The zero-order valence-corrected chi connectivity index (χ0v) is 8.45. The molecule has 1 heterocycles. The summed E-state index contributed by atoms with van der Waals surface area (Å²) in [5.74, 6) is 0. The fraction of sp³-hybridized carbons (Fsp3) is 0.727. The number of hydrogen-bond donors (Lipinski definition) is 0. The van der Waals surface area contributed by atoms with Gasteiger partial charge >= 0.3 is 0 Å². The van der Waals surface area contributed by atoms with Crippen LogP contribution < -0.4 is 4.57 Å². The second kappa shape index (κ2) is 3.95. The molecule has 0 atom stereocenters. The molecule has 0 amide bonds. The third-order valence-electron chi connectivity index (χ3n) is 3.04. The van der Waals surface area contributed by atoms with E-state index in [0.717, 1.165) is 6.04 Å². The maximum Gasteiger partial charge on any atom is 0.243 e. The van der Waals surface area contributed by atoms with Crippen molar-refractivity contribution in [2.45, 2.75) is 44.6 Å². The van der Waals surface area contributed by atoms with Crippen LogP contribution in [0.4, 0.5) is 0 Å². The average molecular weight is 179 g/mol. The molecular formula is C11H19N2+. The summed E-state index contributed by atoms with van der Waals surface area (Å²) in [6.07, 6.45) is 15.0. The van der Waals surface area contributed by atoms with Crippen LogP contribution in [-0.4, -0.2) is 4.57 Å². The van der Waals surface area contributed by atoms with Crippen molar-refractivity contribution in [3.63, 3.8) is 0 Å². The van der Waals surface area contributed by atoms with Crippen LogP contribution >= 0.6 is 0 Å². The summed E-state index contributed by atoms with van der Waals surface area (Å²) in [7, 11) is 2.09. The van der Waals surface area contributed by atoms with Gasteiger partial charge in [0.2, 0.25) is 6.33 Å². The molecule has 0 radical (unpaired) electrons. The minimum Gasteiger partial charge on any atom is -0.240 e. The molecule has 0 saturated heterocycles. The lowest BCUT2D eigenvalue weighted by Gasteiger charge is -2.09. The van der Waals surface area contributed by atoms with Gasteiger partial charge in [-0.15, -0.1) is 0 Å². The molecule has 1 fully saturated rings. The number of aryl methyl sites for hydroxylation is 1. The Morgan fingerprint density at radius 3 is 2.38 bits per heavy atom. The zero-order chi connectivity index (χ0) is 9.10. The fourth-order valence-electron chi connectivity index (χ4n) is 2.24. The van der Waals surface area contributed by atoms with Gasteiger partial charge in [-0.1, -0.05) is 12.8 Å². The van der Waals surface area contributed by atoms with Gasteiger partial charge in [0.1, 0.15) is 18.4 Å². The molecule has 2 heteroatoms. The van der Waals surface area contributed by atoms with Crippen LogP contribution in [0.2, 0.25) is 0 Å². The van der Waals surface area contributed by atoms with Crippen molar-refractivity contribution < 1.29 is 4.57 Å². The van der Waals surface area contributed by atoms with Gasteiger partial charge in [0.25, 0.3) is 0 Å². The molecule has 0 aliphatic heterocycles. The van der Waals surface area contributed by atoms with E-state index in [-0.39, 0.29) is 0 Å². The van der Waals surface area contributed by atoms with E-state index < -0.39 is 0 Å². The summed E-state index contributed by atoms with van der Waals surface area (Å²) in [6.45, 7) is 0. The van der Waals surface area contributed by atoms with Gasteiger partial charge in [-0.25, -0.2) is 9.13 Å². The molecule has 1 aliphatic carbocycles. The molecule has 0 unspecified atom stereocenters. The van der Waals surface area contributed by atoms with Crippen molar-refractivity contribution in [1.82, 2.24) is 4.57 Å². The molecule has 1 saturated carbocycles. The molecule has 72 valence electrons. The highest BCUT2D eigenvalue weighted by Crippen LogP contribution is 2.26. The van der Waals surface area contributed by atoms with E-state index in [2.05, 4.69) is 34.9 Å². The Hall–Kier alpha value is -0.790. The van der Waals surface area contributed by atoms with E-state index in [1.165, 1.54) is 38.5 Å². The Morgan fingerprint density at radius 1 is 1.15 bits per heavy atom. The van der Waals surface area contributed by atoms with E-state index in [1.807, 2.05) is 0 Å². The fourth-order valence-corrected chi connectivity index (χ4v) is 2.24.